The molecule has 0 aromatic heterocycles. The first-order valence-corrected chi connectivity index (χ1v) is 10.1. The smallest absolute Gasteiger partial charge is 0.310 e. The minimum absolute atomic E-state index is 0.0535. The molecule has 0 N–H and O–H groups in total. The quantitative estimate of drug-likeness (QED) is 0.782. The van der Waals surface area contributed by atoms with Gasteiger partial charge in [-0.2, -0.15) is 0 Å². The van der Waals surface area contributed by atoms with Crippen molar-refractivity contribution in [2.24, 2.45) is 0 Å². The Morgan fingerprint density at radius 2 is 1.58 bits per heavy atom. The van der Waals surface area contributed by atoms with E-state index in [1.807, 2.05) is 51.1 Å². The summed E-state index contributed by atoms with van der Waals surface area (Å²) in [5, 5.41) is 0.440. The number of sulfonamides is 1. The molecular weight excluding hydrogens is 372 g/mol. The van der Waals surface area contributed by atoms with Crippen molar-refractivity contribution in [3.8, 4) is 0 Å². The molecule has 0 bridgehead atoms. The molecule has 0 spiro atoms. The van der Waals surface area contributed by atoms with Gasteiger partial charge < -0.3 is 4.90 Å². The zero-order valence-corrected chi connectivity index (χ0v) is 16.5. The van der Waals surface area contributed by atoms with Crippen LogP contribution in [0, 0.1) is 0 Å². The molecule has 1 fully saturated rings. The predicted octanol–water partition coefficient (Wildman–Crippen LogP) is 4.31. The lowest BCUT2D eigenvalue weighted by molar-refractivity contribution is 0.138. The highest BCUT2D eigenvalue weighted by Gasteiger charge is 2.48. The van der Waals surface area contributed by atoms with Crippen molar-refractivity contribution in [2.45, 2.75) is 37.2 Å². The van der Waals surface area contributed by atoms with Crippen LogP contribution in [-0.2, 0) is 10.0 Å². The first-order chi connectivity index (χ1) is 12.1. The number of hydrogen-bond acceptors (Lipinski definition) is 3. The van der Waals surface area contributed by atoms with Crippen LogP contribution in [0.5, 0.6) is 0 Å². The van der Waals surface area contributed by atoms with Crippen molar-refractivity contribution in [3.05, 3.63) is 65.2 Å². The summed E-state index contributed by atoms with van der Waals surface area (Å²) in [4.78, 5) is 14.8. The lowest BCUT2D eigenvalue weighted by atomic mass is 10.00. The first kappa shape index (κ1) is 18.7. The number of halogens is 1. The van der Waals surface area contributed by atoms with Gasteiger partial charge in [-0.15, -0.1) is 0 Å². The molecule has 2 aromatic rings. The van der Waals surface area contributed by atoms with Gasteiger partial charge in [0.1, 0.15) is 0 Å². The highest BCUT2D eigenvalue weighted by atomic mass is 35.5. The van der Waals surface area contributed by atoms with Gasteiger partial charge in [-0.1, -0.05) is 41.9 Å². The Hall–Kier alpha value is -2.05. The van der Waals surface area contributed by atoms with Gasteiger partial charge in [0, 0.05) is 10.6 Å². The molecule has 3 rings (SSSR count). The number of carbonyl (C=O) groups is 1. The molecule has 0 saturated carbocycles. The van der Waals surface area contributed by atoms with E-state index in [2.05, 4.69) is 0 Å². The Morgan fingerprint density at radius 1 is 1.00 bits per heavy atom. The summed E-state index contributed by atoms with van der Waals surface area (Å²) in [6.07, 6.45) is 0. The number of rotatable bonds is 3. The van der Waals surface area contributed by atoms with Crippen LogP contribution in [0.3, 0.4) is 0 Å². The Bertz CT molecular complexity index is 906. The van der Waals surface area contributed by atoms with Gasteiger partial charge in [0.25, 0.3) is 10.0 Å². The molecule has 1 heterocycles. The monoisotopic (exact) mass is 392 g/mol. The van der Waals surface area contributed by atoms with Crippen LogP contribution in [0.25, 0.3) is 0 Å². The molecule has 1 aliphatic rings. The maximum Gasteiger partial charge on any atom is 0.335 e. The summed E-state index contributed by atoms with van der Waals surface area (Å²) in [5.74, 6) is 0. The highest BCUT2D eigenvalue weighted by Crippen LogP contribution is 2.38. The van der Waals surface area contributed by atoms with Crippen molar-refractivity contribution in [1.29, 1.82) is 0 Å². The number of carbonyl (C=O) groups excluding carboxylic acids is 1. The molecule has 5 nitrogen and oxygen atoms in total. The Balaban J connectivity index is 2.04. The van der Waals surface area contributed by atoms with E-state index >= 15 is 0 Å². The fourth-order valence-electron chi connectivity index (χ4n) is 3.19. The number of urea groups is 1. The fraction of sp³-hybridized carbons (Fsp3) is 0.316. The van der Waals surface area contributed by atoms with Gasteiger partial charge in [0.2, 0.25) is 0 Å². The van der Waals surface area contributed by atoms with Crippen molar-refractivity contribution in [1.82, 2.24) is 9.21 Å². The van der Waals surface area contributed by atoms with Gasteiger partial charge in [0.05, 0.1) is 17.5 Å². The maximum atomic E-state index is 13.1. The average molecular weight is 393 g/mol. The lowest BCUT2D eigenvalue weighted by Gasteiger charge is -2.36. The third-order valence-electron chi connectivity index (χ3n) is 4.38. The first-order valence-electron chi connectivity index (χ1n) is 8.29. The minimum Gasteiger partial charge on any atom is -0.310 e. The molecule has 0 aliphatic carbocycles. The van der Waals surface area contributed by atoms with E-state index in [0.717, 1.165) is 9.87 Å². The lowest BCUT2D eigenvalue weighted by Crippen LogP contribution is -2.46. The maximum absolute atomic E-state index is 13.1. The van der Waals surface area contributed by atoms with Crippen LogP contribution in [0.1, 0.15) is 32.4 Å². The molecule has 1 aliphatic heterocycles. The Morgan fingerprint density at radius 3 is 2.12 bits per heavy atom. The Labute approximate surface area is 159 Å². The second kappa shape index (κ2) is 6.59. The van der Waals surface area contributed by atoms with E-state index in [1.165, 1.54) is 24.3 Å². The minimum atomic E-state index is -3.96. The number of benzene rings is 2. The number of hydrogen-bond donors (Lipinski definition) is 0. The fourth-order valence-corrected chi connectivity index (χ4v) is 4.68. The molecule has 1 atom stereocenters. The van der Waals surface area contributed by atoms with Crippen LogP contribution in [-0.4, -0.2) is 35.7 Å². The Kier molecular flexibility index (Phi) is 4.75. The topological polar surface area (TPSA) is 57.7 Å². The predicted molar refractivity (Wildman–Crippen MR) is 102 cm³/mol. The largest absolute Gasteiger partial charge is 0.335 e. The van der Waals surface area contributed by atoms with Crippen molar-refractivity contribution in [2.75, 3.05) is 6.54 Å². The van der Waals surface area contributed by atoms with Crippen molar-refractivity contribution >= 4 is 27.7 Å². The molecule has 2 amide bonds. The molecular formula is C19H21ClN2O3S. The summed E-state index contributed by atoms with van der Waals surface area (Å²) >= 11 is 5.85. The van der Waals surface area contributed by atoms with E-state index in [9.17, 15) is 13.2 Å². The van der Waals surface area contributed by atoms with E-state index in [-0.39, 0.29) is 17.5 Å². The number of amides is 2. The van der Waals surface area contributed by atoms with Crippen molar-refractivity contribution < 1.29 is 13.2 Å². The highest BCUT2D eigenvalue weighted by molar-refractivity contribution is 7.89. The molecule has 1 saturated heterocycles. The standard InChI is InChI=1S/C19H21ClN2O3S/c1-19(2,3)22-17(14-7-5-4-6-8-14)13-21(18(22)23)26(24,25)16-11-9-15(20)10-12-16/h4-12,17H,13H2,1-3H3. The summed E-state index contributed by atoms with van der Waals surface area (Å²) in [7, 11) is -3.96. The molecule has 7 heteroatoms. The van der Waals surface area contributed by atoms with Crippen molar-refractivity contribution in [3.63, 3.8) is 0 Å². The third kappa shape index (κ3) is 3.31. The second-order valence-corrected chi connectivity index (χ2v) is 9.54. The van der Waals surface area contributed by atoms with Crippen LogP contribution in [0.15, 0.2) is 59.5 Å². The van der Waals surface area contributed by atoms with Gasteiger partial charge in [-0.25, -0.2) is 17.5 Å². The van der Waals surface area contributed by atoms with E-state index in [0.29, 0.717) is 5.02 Å². The van der Waals surface area contributed by atoms with Gasteiger partial charge in [-0.05, 0) is 50.6 Å². The zero-order valence-electron chi connectivity index (χ0n) is 14.9. The van der Waals surface area contributed by atoms with Crippen LogP contribution < -0.4 is 0 Å². The summed E-state index contributed by atoms with van der Waals surface area (Å²) in [5.41, 5.74) is 0.381. The summed E-state index contributed by atoms with van der Waals surface area (Å²) < 4.78 is 27.0. The van der Waals surface area contributed by atoms with Crippen LogP contribution in [0.4, 0.5) is 4.79 Å². The molecule has 1 unspecified atom stereocenters. The van der Waals surface area contributed by atoms with Gasteiger partial charge >= 0.3 is 6.03 Å². The molecule has 138 valence electrons. The SMILES string of the molecule is CC(C)(C)N1C(=O)N(S(=O)(=O)c2ccc(Cl)cc2)CC1c1ccccc1. The van der Waals surface area contributed by atoms with E-state index in [4.69, 9.17) is 11.6 Å². The summed E-state index contributed by atoms with van der Waals surface area (Å²) in [6, 6.07) is 14.5. The van der Waals surface area contributed by atoms with Crippen LogP contribution >= 0.6 is 11.6 Å². The van der Waals surface area contributed by atoms with E-state index < -0.39 is 21.6 Å². The third-order valence-corrected chi connectivity index (χ3v) is 6.38. The number of nitrogens with zero attached hydrogens (tertiary/aromatic N) is 2. The molecule has 0 radical (unpaired) electrons. The summed E-state index contributed by atoms with van der Waals surface area (Å²) in [6.45, 7) is 5.78. The molecule has 2 aromatic carbocycles. The zero-order chi connectivity index (χ0) is 19.1. The average Bonchev–Trinajstić information content (AvgIpc) is 2.94. The van der Waals surface area contributed by atoms with E-state index in [1.54, 1.807) is 4.90 Å². The van der Waals surface area contributed by atoms with Gasteiger partial charge in [0.15, 0.2) is 0 Å². The van der Waals surface area contributed by atoms with Gasteiger partial charge in [-0.3, -0.25) is 0 Å². The molecule has 26 heavy (non-hydrogen) atoms. The normalized spacial score (nSPS) is 18.5. The second-order valence-electron chi connectivity index (χ2n) is 7.24. The van der Waals surface area contributed by atoms with Crippen LogP contribution in [0.2, 0.25) is 5.02 Å².